The summed E-state index contributed by atoms with van der Waals surface area (Å²) in [6.45, 7) is 14.5. The van der Waals surface area contributed by atoms with Gasteiger partial charge in [0.15, 0.2) is 0 Å². The third-order valence-electron chi connectivity index (χ3n) is 8.25. The Bertz CT molecular complexity index is 1310. The first-order valence-corrected chi connectivity index (χ1v) is 19.3. The van der Waals surface area contributed by atoms with E-state index in [0.717, 1.165) is 40.5 Å². The molecule has 2 aromatic rings. The Kier molecular flexibility index (Phi) is 10.3. The maximum atomic E-state index is 13.4. The van der Waals surface area contributed by atoms with Crippen molar-refractivity contribution < 1.29 is 32.2 Å². The topological polar surface area (TPSA) is 80.1 Å². The number of halogens is 3. The average Bonchev–Trinajstić information content (AvgIpc) is 3.32. The number of fused-ring (bicyclic) bond motifs is 3. The molecule has 0 unspecified atom stereocenters. The van der Waals surface area contributed by atoms with Crippen molar-refractivity contribution in [1.29, 1.82) is 0 Å². The number of carbonyl (C=O) groups is 2. The van der Waals surface area contributed by atoms with Gasteiger partial charge in [-0.3, -0.25) is 9.69 Å². The molecule has 0 spiro atoms. The molecule has 0 bridgehead atoms. The first-order chi connectivity index (χ1) is 20.5. The van der Waals surface area contributed by atoms with Crippen molar-refractivity contribution in [3.05, 3.63) is 24.0 Å². The number of carbonyl (C=O) groups excluding carboxylic acids is 2. The summed E-state index contributed by atoms with van der Waals surface area (Å²) in [6.07, 6.45) is 0.934. The minimum Gasteiger partial charge on any atom is -0.444 e. The van der Waals surface area contributed by atoms with Crippen LogP contribution in [0.4, 0.5) is 23.7 Å². The number of nitrogens with zero attached hydrogens (tertiary/aromatic N) is 5. The number of rotatable bonds is 10. The molecule has 13 heteroatoms. The second kappa shape index (κ2) is 13.3. The number of pyridine rings is 1. The Morgan fingerprint density at radius 3 is 2.41 bits per heavy atom. The van der Waals surface area contributed by atoms with Crippen LogP contribution >= 0.6 is 0 Å². The second-order valence-corrected chi connectivity index (χ2v) is 19.9. The molecule has 0 atom stereocenters. The Hall–Kier alpha value is -2.80. The van der Waals surface area contributed by atoms with E-state index < -0.39 is 32.5 Å². The standard InChI is InChI=1S/C31H48F3N5O4Si/c1-8-36-20-39(23-11-9-22(10-12-23)18-38(19-31(32,33)34)29(41)43-30(2,3)4)26-24-13-14-37(21-42-15-16-44(5,6)7)27(24)35-17-25(26)28(36)40/h13-14,17,22-23H,8-12,15-16,18-21H2,1-7H3/t22-,23-. The van der Waals surface area contributed by atoms with Gasteiger partial charge in [0.2, 0.25) is 0 Å². The van der Waals surface area contributed by atoms with Gasteiger partial charge in [0.05, 0.1) is 17.9 Å². The van der Waals surface area contributed by atoms with E-state index in [1.807, 2.05) is 23.8 Å². The van der Waals surface area contributed by atoms with Crippen molar-refractivity contribution in [3.8, 4) is 0 Å². The molecule has 0 saturated heterocycles. The molecule has 1 aliphatic heterocycles. The lowest BCUT2D eigenvalue weighted by Crippen LogP contribution is -2.52. The van der Waals surface area contributed by atoms with E-state index >= 15 is 0 Å². The third-order valence-corrected chi connectivity index (χ3v) is 9.96. The zero-order valence-electron chi connectivity index (χ0n) is 27.2. The molecule has 44 heavy (non-hydrogen) atoms. The summed E-state index contributed by atoms with van der Waals surface area (Å²) in [7, 11) is -1.21. The van der Waals surface area contributed by atoms with Crippen molar-refractivity contribution in [3.63, 3.8) is 0 Å². The number of amides is 2. The number of hydrogen-bond acceptors (Lipinski definition) is 6. The molecule has 4 rings (SSSR count). The quantitative estimate of drug-likeness (QED) is 0.207. The van der Waals surface area contributed by atoms with Crippen LogP contribution in [0.15, 0.2) is 18.5 Å². The SMILES string of the molecule is CCN1CN([C@H]2CC[C@H](CN(CC(F)(F)F)C(=O)OC(C)(C)C)CC2)c2c(cnc3c2ccn3COCC[Si](C)(C)C)C1=O. The highest BCUT2D eigenvalue weighted by Gasteiger charge is 2.39. The van der Waals surface area contributed by atoms with Crippen LogP contribution in [-0.4, -0.2) is 90.2 Å². The van der Waals surface area contributed by atoms with Crippen molar-refractivity contribution in [2.45, 2.75) is 104 Å². The summed E-state index contributed by atoms with van der Waals surface area (Å²) < 4.78 is 53.3. The maximum Gasteiger partial charge on any atom is 0.410 e. The Balaban J connectivity index is 1.51. The normalized spacial score (nSPS) is 19.8. The van der Waals surface area contributed by atoms with Gasteiger partial charge in [-0.25, -0.2) is 9.78 Å². The van der Waals surface area contributed by atoms with Crippen LogP contribution in [0.5, 0.6) is 0 Å². The Morgan fingerprint density at radius 2 is 1.82 bits per heavy atom. The minimum atomic E-state index is -4.52. The molecular formula is C31H48F3N5O4Si. The van der Waals surface area contributed by atoms with Gasteiger partial charge in [-0.15, -0.1) is 0 Å². The van der Waals surface area contributed by atoms with Gasteiger partial charge >= 0.3 is 12.3 Å². The van der Waals surface area contributed by atoms with Gasteiger partial charge < -0.3 is 23.8 Å². The molecule has 0 N–H and O–H groups in total. The highest BCUT2D eigenvalue weighted by atomic mass is 28.3. The van der Waals surface area contributed by atoms with E-state index in [1.54, 1.807) is 31.9 Å². The van der Waals surface area contributed by atoms with E-state index in [2.05, 4.69) is 29.5 Å². The Labute approximate surface area is 259 Å². The molecule has 1 saturated carbocycles. The summed E-state index contributed by atoms with van der Waals surface area (Å²) >= 11 is 0. The van der Waals surface area contributed by atoms with E-state index in [4.69, 9.17) is 9.47 Å². The first kappa shape index (κ1) is 34.1. The summed E-state index contributed by atoms with van der Waals surface area (Å²) in [5.74, 6) is -0.137. The van der Waals surface area contributed by atoms with E-state index in [0.29, 0.717) is 45.0 Å². The second-order valence-electron chi connectivity index (χ2n) is 14.3. The van der Waals surface area contributed by atoms with Crippen LogP contribution in [0.25, 0.3) is 11.0 Å². The number of hydrogen-bond donors (Lipinski definition) is 0. The van der Waals surface area contributed by atoms with Gasteiger partial charge in [-0.05, 0) is 71.4 Å². The summed E-state index contributed by atoms with van der Waals surface area (Å²) in [6, 6.07) is 3.15. The van der Waals surface area contributed by atoms with E-state index in [9.17, 15) is 22.8 Å². The lowest BCUT2D eigenvalue weighted by molar-refractivity contribution is -0.146. The molecule has 0 aromatic carbocycles. The Morgan fingerprint density at radius 1 is 1.14 bits per heavy atom. The van der Waals surface area contributed by atoms with Crippen LogP contribution in [0.2, 0.25) is 25.7 Å². The lowest BCUT2D eigenvalue weighted by Gasteiger charge is -2.45. The molecule has 2 aliphatic rings. The highest BCUT2D eigenvalue weighted by Crippen LogP contribution is 2.40. The highest BCUT2D eigenvalue weighted by molar-refractivity contribution is 6.76. The number of anilines is 1. The maximum absolute atomic E-state index is 13.4. The van der Waals surface area contributed by atoms with Crippen LogP contribution in [0, 0.1) is 5.92 Å². The molecule has 1 fully saturated rings. The van der Waals surface area contributed by atoms with Crippen LogP contribution in [0.1, 0.15) is 63.7 Å². The third kappa shape index (κ3) is 8.67. The van der Waals surface area contributed by atoms with Gasteiger partial charge in [0.1, 0.15) is 24.5 Å². The summed E-state index contributed by atoms with van der Waals surface area (Å²) in [5.41, 5.74) is 1.29. The predicted octanol–water partition coefficient (Wildman–Crippen LogP) is 6.95. The monoisotopic (exact) mass is 639 g/mol. The van der Waals surface area contributed by atoms with Crippen LogP contribution < -0.4 is 4.90 Å². The van der Waals surface area contributed by atoms with Crippen molar-refractivity contribution >= 4 is 36.8 Å². The van der Waals surface area contributed by atoms with Crippen molar-refractivity contribution in [2.24, 2.45) is 5.92 Å². The van der Waals surface area contributed by atoms with Crippen LogP contribution in [0.3, 0.4) is 0 Å². The molecule has 9 nitrogen and oxygen atoms in total. The molecule has 0 radical (unpaired) electrons. The number of ether oxygens (including phenoxy) is 2. The van der Waals surface area contributed by atoms with Crippen molar-refractivity contribution in [1.82, 2.24) is 19.4 Å². The predicted molar refractivity (Wildman–Crippen MR) is 168 cm³/mol. The average molecular weight is 640 g/mol. The zero-order valence-corrected chi connectivity index (χ0v) is 28.2. The molecule has 2 amide bonds. The van der Waals surface area contributed by atoms with Gasteiger partial charge in [-0.1, -0.05) is 19.6 Å². The number of alkyl halides is 3. The van der Waals surface area contributed by atoms with E-state index in [-0.39, 0.29) is 24.4 Å². The molecule has 2 aromatic heterocycles. The summed E-state index contributed by atoms with van der Waals surface area (Å²) in [5, 5.41) is 0.892. The molecule has 246 valence electrons. The molecular weight excluding hydrogens is 591 g/mol. The van der Waals surface area contributed by atoms with Gasteiger partial charge in [-0.2, -0.15) is 13.2 Å². The number of aromatic nitrogens is 2. The fourth-order valence-corrected chi connectivity index (χ4v) is 6.72. The minimum absolute atomic E-state index is 0.00792. The van der Waals surface area contributed by atoms with Crippen molar-refractivity contribution in [2.75, 3.05) is 37.8 Å². The molecule has 1 aliphatic carbocycles. The molecule has 3 heterocycles. The van der Waals surface area contributed by atoms with Gasteiger partial charge in [0.25, 0.3) is 5.91 Å². The fourth-order valence-electron chi connectivity index (χ4n) is 5.96. The first-order valence-electron chi connectivity index (χ1n) is 15.6. The zero-order chi connectivity index (χ0) is 32.4. The summed E-state index contributed by atoms with van der Waals surface area (Å²) in [4.78, 5) is 35.6. The lowest BCUT2D eigenvalue weighted by atomic mass is 9.84. The van der Waals surface area contributed by atoms with E-state index in [1.165, 1.54) is 0 Å². The fraction of sp³-hybridized carbons (Fsp3) is 0.710. The largest absolute Gasteiger partial charge is 0.444 e. The van der Waals surface area contributed by atoms with Gasteiger partial charge in [0, 0.05) is 51.6 Å². The van der Waals surface area contributed by atoms with Crippen LogP contribution in [-0.2, 0) is 16.2 Å². The smallest absolute Gasteiger partial charge is 0.410 e.